The monoisotopic (exact) mass is 244 g/mol. The van der Waals surface area contributed by atoms with Crippen LogP contribution in [-0.4, -0.2) is 38.2 Å². The fraction of sp³-hybridized carbons (Fsp3) is 0.500. The van der Waals surface area contributed by atoms with Gasteiger partial charge in [-0.05, 0) is 38.1 Å². The van der Waals surface area contributed by atoms with Crippen LogP contribution in [0.25, 0.3) is 0 Å². The number of hydrogen-bond acceptors (Lipinski definition) is 4. The van der Waals surface area contributed by atoms with Crippen LogP contribution < -0.4 is 15.5 Å². The van der Waals surface area contributed by atoms with Gasteiger partial charge in [-0.1, -0.05) is 18.2 Å². The van der Waals surface area contributed by atoms with E-state index >= 15 is 0 Å². The van der Waals surface area contributed by atoms with Crippen LogP contribution in [0, 0.1) is 0 Å². The van der Waals surface area contributed by atoms with Crippen LogP contribution in [0.5, 0.6) is 0 Å². The molecule has 0 saturated carbocycles. The van der Waals surface area contributed by atoms with E-state index in [-0.39, 0.29) is 0 Å². The number of para-hydroxylation sites is 1. The van der Waals surface area contributed by atoms with Gasteiger partial charge in [0.15, 0.2) is 5.96 Å². The van der Waals surface area contributed by atoms with Crippen molar-refractivity contribution in [3.05, 3.63) is 30.3 Å². The van der Waals surface area contributed by atoms with Crippen molar-refractivity contribution in [1.82, 2.24) is 10.6 Å². The van der Waals surface area contributed by atoms with Gasteiger partial charge in [-0.3, -0.25) is 4.99 Å². The van der Waals surface area contributed by atoms with E-state index in [2.05, 4.69) is 50.9 Å². The molecule has 4 nitrogen and oxygen atoms in total. The molecule has 18 heavy (non-hydrogen) atoms. The number of hydrogen-bond donors (Lipinski definition) is 2. The smallest absolute Gasteiger partial charge is 0.198 e. The first-order valence-corrected chi connectivity index (χ1v) is 6.78. The molecule has 0 atom stereocenters. The van der Waals surface area contributed by atoms with Crippen LogP contribution in [-0.2, 0) is 0 Å². The first kappa shape index (κ1) is 11.5. The quantitative estimate of drug-likeness (QED) is 0.821. The van der Waals surface area contributed by atoms with Crippen molar-refractivity contribution in [2.75, 3.05) is 31.1 Å². The average molecular weight is 244 g/mol. The first-order valence-electron chi connectivity index (χ1n) is 6.78. The Balaban J connectivity index is 1.67. The summed E-state index contributed by atoms with van der Waals surface area (Å²) in [6.45, 7) is 4.09. The van der Waals surface area contributed by atoms with E-state index in [4.69, 9.17) is 0 Å². The van der Waals surface area contributed by atoms with Crippen LogP contribution in [0.15, 0.2) is 35.3 Å². The maximum absolute atomic E-state index is 4.60. The Hall–Kier alpha value is -1.55. The van der Waals surface area contributed by atoms with Crippen molar-refractivity contribution in [1.29, 1.82) is 0 Å². The molecule has 2 aliphatic heterocycles. The van der Waals surface area contributed by atoms with Gasteiger partial charge in [-0.2, -0.15) is 0 Å². The van der Waals surface area contributed by atoms with E-state index in [0.717, 1.165) is 32.1 Å². The molecule has 96 valence electrons. The zero-order chi connectivity index (χ0) is 12.2. The highest BCUT2D eigenvalue weighted by atomic mass is 15.3. The van der Waals surface area contributed by atoms with Crippen molar-refractivity contribution in [3.8, 4) is 0 Å². The minimum absolute atomic E-state index is 0.564. The summed E-state index contributed by atoms with van der Waals surface area (Å²) in [4.78, 5) is 6.88. The zero-order valence-corrected chi connectivity index (χ0v) is 10.6. The molecule has 2 N–H and O–H groups in total. The molecule has 0 bridgehead atoms. The third-order valence-corrected chi connectivity index (χ3v) is 3.58. The second-order valence-electron chi connectivity index (χ2n) is 4.86. The number of aliphatic imine (C=N–C) groups is 1. The van der Waals surface area contributed by atoms with Gasteiger partial charge in [0.2, 0.25) is 0 Å². The van der Waals surface area contributed by atoms with E-state index in [1.54, 1.807) is 0 Å². The molecule has 1 aromatic carbocycles. The van der Waals surface area contributed by atoms with E-state index in [9.17, 15) is 0 Å². The Bertz CT molecular complexity index is 409. The molecule has 0 aromatic heterocycles. The maximum atomic E-state index is 4.60. The fourth-order valence-corrected chi connectivity index (χ4v) is 2.58. The third kappa shape index (κ3) is 2.48. The van der Waals surface area contributed by atoms with E-state index in [0.29, 0.717) is 6.04 Å². The van der Waals surface area contributed by atoms with Gasteiger partial charge in [0.1, 0.15) is 0 Å². The van der Waals surface area contributed by atoms with Gasteiger partial charge in [0.05, 0.1) is 6.54 Å². The number of anilines is 1. The minimum atomic E-state index is 0.564. The molecule has 1 saturated heterocycles. The summed E-state index contributed by atoms with van der Waals surface area (Å²) >= 11 is 0. The van der Waals surface area contributed by atoms with E-state index < -0.39 is 0 Å². The van der Waals surface area contributed by atoms with Gasteiger partial charge in [0, 0.05) is 18.3 Å². The Morgan fingerprint density at radius 3 is 2.72 bits per heavy atom. The average Bonchev–Trinajstić information content (AvgIpc) is 2.89. The highest BCUT2D eigenvalue weighted by molar-refractivity contribution is 5.97. The lowest BCUT2D eigenvalue weighted by atomic mass is 10.1. The molecule has 1 aromatic rings. The molecule has 3 rings (SSSR count). The van der Waals surface area contributed by atoms with E-state index in [1.165, 1.54) is 18.5 Å². The lowest BCUT2D eigenvalue weighted by Crippen LogP contribution is -2.47. The summed E-state index contributed by atoms with van der Waals surface area (Å²) in [6, 6.07) is 11.1. The molecule has 0 radical (unpaired) electrons. The number of guanidine groups is 1. The molecule has 4 heteroatoms. The largest absolute Gasteiger partial charge is 0.353 e. The Morgan fingerprint density at radius 1 is 1.17 bits per heavy atom. The third-order valence-electron chi connectivity index (χ3n) is 3.58. The van der Waals surface area contributed by atoms with Gasteiger partial charge >= 0.3 is 0 Å². The van der Waals surface area contributed by atoms with E-state index in [1.807, 2.05) is 0 Å². The summed E-state index contributed by atoms with van der Waals surface area (Å²) < 4.78 is 0. The predicted molar refractivity (Wildman–Crippen MR) is 75.1 cm³/mol. The van der Waals surface area contributed by atoms with Crippen molar-refractivity contribution in [2.45, 2.75) is 18.9 Å². The van der Waals surface area contributed by atoms with Crippen LogP contribution in [0.3, 0.4) is 0 Å². The van der Waals surface area contributed by atoms with Gasteiger partial charge in [-0.25, -0.2) is 0 Å². The number of piperidine rings is 1. The molecule has 0 aliphatic carbocycles. The van der Waals surface area contributed by atoms with Gasteiger partial charge in [-0.15, -0.1) is 0 Å². The molecular formula is C14H20N4. The molecule has 0 amide bonds. The van der Waals surface area contributed by atoms with Crippen LogP contribution >= 0.6 is 0 Å². The summed E-state index contributed by atoms with van der Waals surface area (Å²) in [5, 5.41) is 6.99. The molecule has 1 fully saturated rings. The predicted octanol–water partition coefficient (Wildman–Crippen LogP) is 1.20. The van der Waals surface area contributed by atoms with Crippen molar-refractivity contribution < 1.29 is 0 Å². The molecule has 2 heterocycles. The Morgan fingerprint density at radius 2 is 1.94 bits per heavy atom. The zero-order valence-electron chi connectivity index (χ0n) is 10.6. The molecule has 0 spiro atoms. The second-order valence-corrected chi connectivity index (χ2v) is 4.86. The lowest BCUT2D eigenvalue weighted by molar-refractivity contribution is 0.428. The minimum Gasteiger partial charge on any atom is -0.353 e. The van der Waals surface area contributed by atoms with Crippen LogP contribution in [0.1, 0.15) is 12.8 Å². The summed E-state index contributed by atoms with van der Waals surface area (Å²) in [5.41, 5.74) is 1.23. The SMILES string of the molecule is c1ccc(N2CCN=C2NC2CCNCC2)cc1. The molecular weight excluding hydrogens is 224 g/mol. The second kappa shape index (κ2) is 5.40. The summed E-state index contributed by atoms with van der Waals surface area (Å²) in [7, 11) is 0. The van der Waals surface area contributed by atoms with Gasteiger partial charge in [0.25, 0.3) is 0 Å². The maximum Gasteiger partial charge on any atom is 0.198 e. The van der Waals surface area contributed by atoms with Crippen molar-refractivity contribution >= 4 is 11.6 Å². The Labute approximate surface area is 108 Å². The number of nitrogens with zero attached hydrogens (tertiary/aromatic N) is 2. The normalized spacial score (nSPS) is 20.9. The standard InChI is InChI=1S/C14H20N4/c1-2-4-13(5-3-1)18-11-10-16-14(18)17-12-6-8-15-9-7-12/h1-5,12,15H,6-11H2,(H,16,17). The van der Waals surface area contributed by atoms with Crippen LogP contribution in [0.2, 0.25) is 0 Å². The topological polar surface area (TPSA) is 39.7 Å². The Kier molecular flexibility index (Phi) is 3.46. The first-order chi connectivity index (χ1) is 8.93. The van der Waals surface area contributed by atoms with Crippen LogP contribution in [0.4, 0.5) is 5.69 Å². The molecule has 2 aliphatic rings. The summed E-state index contributed by atoms with van der Waals surface area (Å²) in [6.07, 6.45) is 2.36. The highest BCUT2D eigenvalue weighted by Crippen LogP contribution is 2.16. The van der Waals surface area contributed by atoms with Crippen molar-refractivity contribution in [2.24, 2.45) is 4.99 Å². The van der Waals surface area contributed by atoms with Gasteiger partial charge < -0.3 is 15.5 Å². The highest BCUT2D eigenvalue weighted by Gasteiger charge is 2.22. The number of benzene rings is 1. The van der Waals surface area contributed by atoms with Crippen molar-refractivity contribution in [3.63, 3.8) is 0 Å². The lowest BCUT2D eigenvalue weighted by Gasteiger charge is -2.28. The number of rotatable bonds is 2. The summed E-state index contributed by atoms with van der Waals surface area (Å²) in [5.74, 6) is 1.05. The number of nitrogens with one attached hydrogen (secondary N) is 2. The fourth-order valence-electron chi connectivity index (χ4n) is 2.58. The molecule has 0 unspecified atom stereocenters.